The minimum atomic E-state index is -0.296. The van der Waals surface area contributed by atoms with E-state index in [4.69, 9.17) is 16.3 Å². The number of aromatic nitrogens is 1. The van der Waals surface area contributed by atoms with Gasteiger partial charge >= 0.3 is 5.97 Å². The first kappa shape index (κ1) is 13.3. The maximum atomic E-state index is 11.4. The molecule has 0 saturated carbocycles. The van der Waals surface area contributed by atoms with Crippen LogP contribution in [-0.4, -0.2) is 17.6 Å². The molecular weight excluding hydrogens is 318 g/mol. The van der Waals surface area contributed by atoms with Crippen molar-refractivity contribution >= 4 is 44.4 Å². The Hall–Kier alpha value is -1.13. The highest BCUT2D eigenvalue weighted by molar-refractivity contribution is 9.10. The van der Waals surface area contributed by atoms with Crippen LogP contribution in [0.2, 0.25) is 5.02 Å². The van der Waals surface area contributed by atoms with Crippen molar-refractivity contribution in [1.82, 2.24) is 4.98 Å². The largest absolute Gasteiger partial charge is 0.466 e. The number of carbonyl (C=O) groups excluding carboxylic acids is 1. The van der Waals surface area contributed by atoms with Crippen LogP contribution >= 0.6 is 27.5 Å². The number of esters is 1. The Kier molecular flexibility index (Phi) is 4.19. The molecular formula is C13H11BrClNO2. The fourth-order valence-corrected chi connectivity index (χ4v) is 2.29. The average Bonchev–Trinajstić information content (AvgIpc) is 2.34. The van der Waals surface area contributed by atoms with E-state index in [0.717, 1.165) is 15.4 Å². The van der Waals surface area contributed by atoms with E-state index >= 15 is 0 Å². The molecule has 2 rings (SSSR count). The fraction of sp³-hybridized carbons (Fsp3) is 0.231. The highest BCUT2D eigenvalue weighted by Gasteiger charge is 2.11. The normalized spacial score (nSPS) is 10.6. The van der Waals surface area contributed by atoms with Crippen molar-refractivity contribution in [3.8, 4) is 0 Å². The number of benzene rings is 1. The molecule has 1 aromatic carbocycles. The van der Waals surface area contributed by atoms with E-state index in [0.29, 0.717) is 17.2 Å². The lowest BCUT2D eigenvalue weighted by Crippen LogP contribution is -2.08. The van der Waals surface area contributed by atoms with Gasteiger partial charge in [0.1, 0.15) is 0 Å². The van der Waals surface area contributed by atoms with E-state index in [1.807, 2.05) is 18.2 Å². The van der Waals surface area contributed by atoms with E-state index in [1.54, 1.807) is 13.1 Å². The van der Waals surface area contributed by atoms with Crippen LogP contribution in [0.5, 0.6) is 0 Å². The second kappa shape index (κ2) is 5.67. The molecule has 3 nitrogen and oxygen atoms in total. The highest BCUT2D eigenvalue weighted by Crippen LogP contribution is 2.28. The van der Waals surface area contributed by atoms with Crippen molar-refractivity contribution in [2.75, 3.05) is 6.61 Å². The zero-order valence-corrected chi connectivity index (χ0v) is 12.1. The number of halogens is 2. The zero-order valence-electron chi connectivity index (χ0n) is 9.74. The molecule has 0 bridgehead atoms. The standard InChI is InChI=1S/C13H11BrClNO2/c1-2-18-12(17)5-8-7-16-11-4-3-9(14)6-10(11)13(8)15/h3-4,6-7H,2,5H2,1H3. The maximum Gasteiger partial charge on any atom is 0.310 e. The molecule has 0 aliphatic heterocycles. The highest BCUT2D eigenvalue weighted by atomic mass is 79.9. The lowest BCUT2D eigenvalue weighted by molar-refractivity contribution is -0.142. The SMILES string of the molecule is CCOC(=O)Cc1cnc2ccc(Br)cc2c1Cl. The van der Waals surface area contributed by atoms with Gasteiger partial charge in [0.25, 0.3) is 0 Å². The molecule has 1 aromatic heterocycles. The van der Waals surface area contributed by atoms with Gasteiger partial charge in [-0.25, -0.2) is 0 Å². The molecule has 0 atom stereocenters. The van der Waals surface area contributed by atoms with Gasteiger partial charge in [0.15, 0.2) is 0 Å². The molecule has 0 spiro atoms. The summed E-state index contributed by atoms with van der Waals surface area (Å²) in [7, 11) is 0. The maximum absolute atomic E-state index is 11.4. The summed E-state index contributed by atoms with van der Waals surface area (Å²) >= 11 is 9.68. The first-order valence-corrected chi connectivity index (χ1v) is 6.67. The lowest BCUT2D eigenvalue weighted by Gasteiger charge is -2.07. The van der Waals surface area contributed by atoms with Gasteiger partial charge in [-0.15, -0.1) is 0 Å². The summed E-state index contributed by atoms with van der Waals surface area (Å²) in [5.41, 5.74) is 1.48. The molecule has 18 heavy (non-hydrogen) atoms. The average molecular weight is 329 g/mol. The van der Waals surface area contributed by atoms with E-state index in [-0.39, 0.29) is 12.4 Å². The number of hydrogen-bond acceptors (Lipinski definition) is 3. The molecule has 0 saturated heterocycles. The molecule has 0 aliphatic rings. The number of fused-ring (bicyclic) bond motifs is 1. The van der Waals surface area contributed by atoms with Gasteiger partial charge in [-0.1, -0.05) is 27.5 Å². The van der Waals surface area contributed by atoms with Crippen molar-refractivity contribution in [2.45, 2.75) is 13.3 Å². The number of carbonyl (C=O) groups is 1. The number of hydrogen-bond donors (Lipinski definition) is 0. The van der Waals surface area contributed by atoms with Crippen molar-refractivity contribution < 1.29 is 9.53 Å². The van der Waals surface area contributed by atoms with Crippen molar-refractivity contribution in [3.05, 3.63) is 39.5 Å². The second-order valence-electron chi connectivity index (χ2n) is 3.74. The number of ether oxygens (including phenoxy) is 1. The van der Waals surface area contributed by atoms with Gasteiger partial charge in [0, 0.05) is 21.6 Å². The van der Waals surface area contributed by atoms with E-state index in [2.05, 4.69) is 20.9 Å². The predicted octanol–water partition coefficient (Wildman–Crippen LogP) is 3.76. The first-order valence-electron chi connectivity index (χ1n) is 5.50. The fourth-order valence-electron chi connectivity index (χ4n) is 1.66. The molecule has 94 valence electrons. The van der Waals surface area contributed by atoms with Crippen molar-refractivity contribution in [1.29, 1.82) is 0 Å². The summed E-state index contributed by atoms with van der Waals surface area (Å²) in [5, 5.41) is 1.38. The molecule has 5 heteroatoms. The second-order valence-corrected chi connectivity index (χ2v) is 5.03. The molecule has 0 amide bonds. The van der Waals surface area contributed by atoms with Gasteiger partial charge < -0.3 is 4.74 Å². The molecule has 2 aromatic rings. The molecule has 0 unspecified atom stereocenters. The van der Waals surface area contributed by atoms with E-state index in [1.165, 1.54) is 0 Å². The summed E-state index contributed by atoms with van der Waals surface area (Å²) < 4.78 is 5.83. The van der Waals surface area contributed by atoms with Gasteiger partial charge in [-0.2, -0.15) is 0 Å². The van der Waals surface area contributed by atoms with Gasteiger partial charge in [0.05, 0.1) is 23.6 Å². The number of rotatable bonds is 3. The van der Waals surface area contributed by atoms with Crippen LogP contribution in [0.3, 0.4) is 0 Å². The van der Waals surface area contributed by atoms with Crippen LogP contribution < -0.4 is 0 Å². The van der Waals surface area contributed by atoms with Crippen LogP contribution in [0.15, 0.2) is 28.9 Å². The van der Waals surface area contributed by atoms with Gasteiger partial charge in [0.2, 0.25) is 0 Å². The Labute approximate surface area is 118 Å². The number of nitrogens with zero attached hydrogens (tertiary/aromatic N) is 1. The summed E-state index contributed by atoms with van der Waals surface area (Å²) in [6.07, 6.45) is 1.76. The molecule has 0 aliphatic carbocycles. The Morgan fingerprint density at radius 1 is 1.50 bits per heavy atom. The zero-order chi connectivity index (χ0) is 13.1. The van der Waals surface area contributed by atoms with Crippen LogP contribution in [0.4, 0.5) is 0 Å². The van der Waals surface area contributed by atoms with Crippen LogP contribution in [0, 0.1) is 0 Å². The molecule has 0 radical (unpaired) electrons. The predicted molar refractivity (Wildman–Crippen MR) is 74.8 cm³/mol. The summed E-state index contributed by atoms with van der Waals surface area (Å²) in [6, 6.07) is 5.66. The van der Waals surface area contributed by atoms with Crippen LogP contribution in [-0.2, 0) is 16.0 Å². The quantitative estimate of drug-likeness (QED) is 0.805. The lowest BCUT2D eigenvalue weighted by atomic mass is 10.1. The number of pyridine rings is 1. The van der Waals surface area contributed by atoms with Gasteiger partial charge in [-0.05, 0) is 25.1 Å². The Bertz CT molecular complexity index is 601. The Balaban J connectivity index is 2.41. The minimum Gasteiger partial charge on any atom is -0.466 e. The minimum absolute atomic E-state index is 0.141. The third-order valence-corrected chi connectivity index (χ3v) is 3.42. The summed E-state index contributed by atoms with van der Waals surface area (Å²) in [5.74, 6) is -0.296. The Morgan fingerprint density at radius 2 is 2.28 bits per heavy atom. The van der Waals surface area contributed by atoms with E-state index < -0.39 is 0 Å². The topological polar surface area (TPSA) is 39.2 Å². The van der Waals surface area contributed by atoms with Crippen molar-refractivity contribution in [2.24, 2.45) is 0 Å². The molecule has 0 fully saturated rings. The van der Waals surface area contributed by atoms with E-state index in [9.17, 15) is 4.79 Å². The summed E-state index contributed by atoms with van der Waals surface area (Å²) in [4.78, 5) is 15.7. The molecule has 1 heterocycles. The van der Waals surface area contributed by atoms with Crippen LogP contribution in [0.1, 0.15) is 12.5 Å². The first-order chi connectivity index (χ1) is 8.61. The third-order valence-electron chi connectivity index (χ3n) is 2.48. The van der Waals surface area contributed by atoms with Crippen LogP contribution in [0.25, 0.3) is 10.9 Å². The molecule has 0 N–H and O–H groups in total. The van der Waals surface area contributed by atoms with Crippen molar-refractivity contribution in [3.63, 3.8) is 0 Å². The smallest absolute Gasteiger partial charge is 0.310 e. The monoisotopic (exact) mass is 327 g/mol. The summed E-state index contributed by atoms with van der Waals surface area (Å²) in [6.45, 7) is 2.14. The third kappa shape index (κ3) is 2.82. The van der Waals surface area contributed by atoms with Gasteiger partial charge in [-0.3, -0.25) is 9.78 Å². The Morgan fingerprint density at radius 3 is 3.00 bits per heavy atom.